The molecule has 25 heavy (non-hydrogen) atoms. The van der Waals surface area contributed by atoms with E-state index in [1.165, 1.54) is 18.7 Å². The topological polar surface area (TPSA) is 95.3 Å². The van der Waals surface area contributed by atoms with Crippen LogP contribution in [0.25, 0.3) is 0 Å². The highest BCUT2D eigenvalue weighted by Gasteiger charge is 2.51. The highest BCUT2D eigenvalue weighted by molar-refractivity contribution is 7.92. The van der Waals surface area contributed by atoms with Crippen molar-refractivity contribution in [3.05, 3.63) is 31.0 Å². The van der Waals surface area contributed by atoms with Crippen molar-refractivity contribution in [2.75, 3.05) is 4.72 Å². The third-order valence-corrected chi connectivity index (χ3v) is 5.76. The van der Waals surface area contributed by atoms with Gasteiger partial charge >= 0.3 is 7.12 Å². The average Bonchev–Trinajstić information content (AvgIpc) is 3.01. The molecule has 3 heterocycles. The first-order chi connectivity index (χ1) is 11.5. The van der Waals surface area contributed by atoms with Gasteiger partial charge in [-0.1, -0.05) is 0 Å². The molecule has 0 aliphatic carbocycles. The number of anilines is 1. The lowest BCUT2D eigenvalue weighted by Crippen LogP contribution is -2.41. The van der Waals surface area contributed by atoms with Gasteiger partial charge in [0.2, 0.25) is 0 Å². The number of imidazole rings is 1. The summed E-state index contributed by atoms with van der Waals surface area (Å²) in [5.41, 5.74) is -0.0137. The van der Waals surface area contributed by atoms with Crippen molar-refractivity contribution in [3.63, 3.8) is 0 Å². The maximum atomic E-state index is 12.4. The molecule has 1 saturated heterocycles. The Labute approximate surface area is 147 Å². The Bertz CT molecular complexity index is 878. The van der Waals surface area contributed by atoms with Crippen LogP contribution in [0.3, 0.4) is 0 Å². The van der Waals surface area contributed by atoms with Crippen LogP contribution in [-0.2, 0) is 26.4 Å². The minimum Gasteiger partial charge on any atom is -0.399 e. The van der Waals surface area contributed by atoms with Gasteiger partial charge < -0.3 is 13.9 Å². The quantitative estimate of drug-likeness (QED) is 0.811. The standard InChI is InChI=1S/C15H21BN4O4S/c1-14(2)15(3,4)24-16(23-14)11-6-12(8-17-7-11)19-25(21,22)13-9-20(5)10-18-13/h6-10,19H,1-5H3. The summed E-state index contributed by atoms with van der Waals surface area (Å²) in [6, 6.07) is 1.65. The van der Waals surface area contributed by atoms with Crippen LogP contribution in [-0.4, -0.2) is 41.3 Å². The zero-order valence-electron chi connectivity index (χ0n) is 14.8. The first-order valence-corrected chi connectivity index (χ1v) is 9.30. The molecular weight excluding hydrogens is 343 g/mol. The molecule has 2 aromatic rings. The van der Waals surface area contributed by atoms with E-state index < -0.39 is 28.3 Å². The van der Waals surface area contributed by atoms with Gasteiger partial charge in [0.1, 0.15) is 0 Å². The third-order valence-electron chi connectivity index (χ3n) is 4.49. The highest BCUT2D eigenvalue weighted by atomic mass is 32.2. The average molecular weight is 364 g/mol. The Kier molecular flexibility index (Phi) is 4.17. The molecule has 0 atom stereocenters. The summed E-state index contributed by atoms with van der Waals surface area (Å²) in [7, 11) is -2.70. The minimum absolute atomic E-state index is 0.0592. The molecule has 0 aromatic carbocycles. The molecule has 0 amide bonds. The van der Waals surface area contributed by atoms with E-state index in [-0.39, 0.29) is 5.03 Å². The lowest BCUT2D eigenvalue weighted by Gasteiger charge is -2.32. The molecule has 0 unspecified atom stereocenters. The van der Waals surface area contributed by atoms with E-state index in [1.807, 2.05) is 27.7 Å². The Morgan fingerprint density at radius 1 is 1.16 bits per heavy atom. The Hall–Kier alpha value is -1.91. The number of nitrogens with one attached hydrogen (secondary N) is 1. The van der Waals surface area contributed by atoms with Crippen molar-refractivity contribution < 1.29 is 17.7 Å². The number of pyridine rings is 1. The number of hydrogen-bond acceptors (Lipinski definition) is 6. The molecule has 134 valence electrons. The van der Waals surface area contributed by atoms with Gasteiger partial charge in [-0.25, -0.2) is 4.98 Å². The monoisotopic (exact) mass is 364 g/mol. The molecule has 0 bridgehead atoms. The van der Waals surface area contributed by atoms with E-state index in [4.69, 9.17) is 9.31 Å². The van der Waals surface area contributed by atoms with Gasteiger partial charge in [-0.3, -0.25) is 9.71 Å². The van der Waals surface area contributed by atoms with E-state index in [0.29, 0.717) is 11.2 Å². The summed E-state index contributed by atoms with van der Waals surface area (Å²) in [6.07, 6.45) is 5.87. The van der Waals surface area contributed by atoms with Crippen LogP contribution in [0.4, 0.5) is 5.69 Å². The molecule has 1 aliphatic rings. The van der Waals surface area contributed by atoms with Crippen molar-refractivity contribution in [1.82, 2.24) is 14.5 Å². The maximum Gasteiger partial charge on any atom is 0.496 e. The van der Waals surface area contributed by atoms with Crippen LogP contribution in [0.1, 0.15) is 27.7 Å². The summed E-state index contributed by atoms with van der Waals surface area (Å²) in [4.78, 5) is 7.96. The van der Waals surface area contributed by atoms with Crippen molar-refractivity contribution >= 4 is 28.3 Å². The molecule has 2 aromatic heterocycles. The number of aryl methyl sites for hydroxylation is 1. The predicted octanol–water partition coefficient (Wildman–Crippen LogP) is 0.915. The van der Waals surface area contributed by atoms with Gasteiger partial charge in [0, 0.05) is 24.9 Å². The Morgan fingerprint density at radius 2 is 1.80 bits per heavy atom. The molecule has 0 saturated carbocycles. The van der Waals surface area contributed by atoms with Crippen molar-refractivity contribution in [2.45, 2.75) is 43.9 Å². The number of hydrogen-bond donors (Lipinski definition) is 1. The minimum atomic E-state index is -3.78. The number of sulfonamides is 1. The van der Waals surface area contributed by atoms with E-state index >= 15 is 0 Å². The zero-order valence-corrected chi connectivity index (χ0v) is 15.7. The summed E-state index contributed by atoms with van der Waals surface area (Å²) >= 11 is 0. The van der Waals surface area contributed by atoms with Crippen molar-refractivity contribution in [1.29, 1.82) is 0 Å². The van der Waals surface area contributed by atoms with Crippen LogP contribution < -0.4 is 10.2 Å². The summed E-state index contributed by atoms with van der Waals surface area (Å²) in [5, 5.41) is -0.0592. The molecule has 0 spiro atoms. The third kappa shape index (κ3) is 3.42. The lowest BCUT2D eigenvalue weighted by molar-refractivity contribution is 0.00578. The summed E-state index contributed by atoms with van der Waals surface area (Å²) in [6.45, 7) is 7.81. The van der Waals surface area contributed by atoms with E-state index in [0.717, 1.165) is 0 Å². The molecule has 3 rings (SSSR count). The van der Waals surface area contributed by atoms with E-state index in [1.54, 1.807) is 23.9 Å². The van der Waals surface area contributed by atoms with E-state index in [9.17, 15) is 8.42 Å². The second kappa shape index (κ2) is 5.82. The smallest absolute Gasteiger partial charge is 0.399 e. The fourth-order valence-electron chi connectivity index (χ4n) is 2.36. The van der Waals surface area contributed by atoms with E-state index in [2.05, 4.69) is 14.7 Å². The van der Waals surface area contributed by atoms with Crippen LogP contribution in [0, 0.1) is 0 Å². The van der Waals surface area contributed by atoms with Gasteiger partial charge in [-0.05, 0) is 33.8 Å². The fraction of sp³-hybridized carbons (Fsp3) is 0.467. The maximum absolute atomic E-state index is 12.4. The zero-order chi connectivity index (χ0) is 18.5. The molecule has 1 aliphatic heterocycles. The van der Waals surface area contributed by atoms with Gasteiger partial charge in [0.25, 0.3) is 10.0 Å². The molecule has 10 heteroatoms. The fourth-order valence-corrected chi connectivity index (χ4v) is 3.37. The molecule has 1 N–H and O–H groups in total. The number of rotatable bonds is 4. The lowest BCUT2D eigenvalue weighted by atomic mass is 9.80. The van der Waals surface area contributed by atoms with Crippen molar-refractivity contribution in [2.24, 2.45) is 7.05 Å². The normalized spacial score (nSPS) is 19.2. The second-order valence-corrected chi connectivity index (χ2v) is 8.71. The van der Waals surface area contributed by atoms with Crippen LogP contribution in [0.2, 0.25) is 0 Å². The Balaban J connectivity index is 1.83. The SMILES string of the molecule is Cn1cnc(S(=O)(=O)Nc2cncc(B3OC(C)(C)C(C)(C)O3)c2)c1. The first kappa shape index (κ1) is 17.9. The first-order valence-electron chi connectivity index (χ1n) is 7.82. The van der Waals surface area contributed by atoms with Gasteiger partial charge in [0.05, 0.1) is 29.4 Å². The van der Waals surface area contributed by atoms with Crippen LogP contribution >= 0.6 is 0 Å². The van der Waals surface area contributed by atoms with Crippen molar-refractivity contribution in [3.8, 4) is 0 Å². The molecule has 0 radical (unpaired) electrons. The predicted molar refractivity (Wildman–Crippen MR) is 94.0 cm³/mol. The van der Waals surface area contributed by atoms with Gasteiger partial charge in [-0.2, -0.15) is 8.42 Å². The summed E-state index contributed by atoms with van der Waals surface area (Å²) in [5.74, 6) is 0. The Morgan fingerprint density at radius 3 is 2.36 bits per heavy atom. The van der Waals surface area contributed by atoms with Crippen LogP contribution in [0.15, 0.2) is 36.0 Å². The highest BCUT2D eigenvalue weighted by Crippen LogP contribution is 2.36. The van der Waals surface area contributed by atoms with Gasteiger partial charge in [-0.15, -0.1) is 0 Å². The molecule has 8 nitrogen and oxygen atoms in total. The second-order valence-electron chi connectivity index (χ2n) is 7.08. The molecular formula is C15H21BN4O4S. The largest absolute Gasteiger partial charge is 0.496 e. The number of nitrogens with zero attached hydrogens (tertiary/aromatic N) is 3. The molecule has 1 fully saturated rings. The van der Waals surface area contributed by atoms with Gasteiger partial charge in [0.15, 0.2) is 5.03 Å². The summed E-state index contributed by atoms with van der Waals surface area (Å²) < 4.78 is 40.7. The van der Waals surface area contributed by atoms with Crippen LogP contribution in [0.5, 0.6) is 0 Å². The number of aromatic nitrogens is 3.